The van der Waals surface area contributed by atoms with Gasteiger partial charge in [0.2, 0.25) is 0 Å². The van der Waals surface area contributed by atoms with Gasteiger partial charge in [0.1, 0.15) is 6.10 Å². The third-order valence-corrected chi connectivity index (χ3v) is 5.45. The van der Waals surface area contributed by atoms with E-state index in [1.165, 1.54) is 19.8 Å². The lowest BCUT2D eigenvalue weighted by atomic mass is 9.70. The summed E-state index contributed by atoms with van der Waals surface area (Å²) in [6.07, 6.45) is 7.00. The van der Waals surface area contributed by atoms with E-state index in [1.807, 2.05) is 12.1 Å². The van der Waals surface area contributed by atoms with E-state index in [4.69, 9.17) is 4.74 Å². The van der Waals surface area contributed by atoms with Gasteiger partial charge in [0.25, 0.3) is 0 Å². The number of esters is 1. The highest BCUT2D eigenvalue weighted by Gasteiger charge is 2.62. The Morgan fingerprint density at radius 3 is 2.21 bits per heavy atom. The van der Waals surface area contributed by atoms with Gasteiger partial charge in [-0.25, -0.2) is 0 Å². The third kappa shape index (κ3) is 2.43. The highest BCUT2D eigenvalue weighted by atomic mass is 16.5. The highest BCUT2D eigenvalue weighted by molar-refractivity contribution is 5.66. The van der Waals surface area contributed by atoms with E-state index >= 15 is 0 Å². The third-order valence-electron chi connectivity index (χ3n) is 5.45. The standard InChI is InChI=1S/C12H20O2.C4H4O/c1-8(13)14-10-7-9-5-6-12(10,4)11(9,2)3;1-2-4-5-3-1/h9-10H,5-7H2,1-4H3;1-4H. The van der Waals surface area contributed by atoms with E-state index in [1.54, 1.807) is 12.5 Å². The van der Waals surface area contributed by atoms with Gasteiger partial charge in [-0.3, -0.25) is 4.79 Å². The van der Waals surface area contributed by atoms with Crippen LogP contribution in [0.2, 0.25) is 0 Å². The van der Waals surface area contributed by atoms with Crippen molar-refractivity contribution in [3.8, 4) is 0 Å². The Labute approximate surface area is 115 Å². The van der Waals surface area contributed by atoms with Gasteiger partial charge in [-0.1, -0.05) is 20.8 Å². The molecule has 0 aliphatic heterocycles. The number of furan rings is 1. The fourth-order valence-electron chi connectivity index (χ4n) is 3.74. The maximum Gasteiger partial charge on any atom is 0.302 e. The van der Waals surface area contributed by atoms with E-state index in [9.17, 15) is 4.79 Å². The molecule has 3 rings (SSSR count). The Hall–Kier alpha value is -1.25. The molecule has 2 aliphatic carbocycles. The summed E-state index contributed by atoms with van der Waals surface area (Å²) in [4.78, 5) is 11.0. The van der Waals surface area contributed by atoms with Gasteiger partial charge in [0.05, 0.1) is 12.5 Å². The normalized spacial score (nSPS) is 34.5. The maximum absolute atomic E-state index is 11.0. The highest BCUT2D eigenvalue weighted by Crippen LogP contribution is 2.66. The molecule has 2 fully saturated rings. The predicted octanol–water partition coefficient (Wildman–Crippen LogP) is 4.04. The van der Waals surface area contributed by atoms with Crippen molar-refractivity contribution >= 4 is 5.97 Å². The number of carbonyl (C=O) groups is 1. The molecule has 0 radical (unpaired) electrons. The first kappa shape index (κ1) is 14.2. The lowest BCUT2D eigenvalue weighted by molar-refractivity contribution is -0.154. The van der Waals surface area contributed by atoms with Crippen molar-refractivity contribution in [2.75, 3.05) is 0 Å². The second kappa shape index (κ2) is 5.03. The van der Waals surface area contributed by atoms with Gasteiger partial charge in [0, 0.05) is 12.3 Å². The van der Waals surface area contributed by atoms with Crippen molar-refractivity contribution in [2.45, 2.75) is 53.1 Å². The Morgan fingerprint density at radius 1 is 1.26 bits per heavy atom. The summed E-state index contributed by atoms with van der Waals surface area (Å²) < 4.78 is 10.0. The monoisotopic (exact) mass is 264 g/mol. The molecule has 0 saturated heterocycles. The van der Waals surface area contributed by atoms with Crippen LogP contribution < -0.4 is 0 Å². The van der Waals surface area contributed by atoms with Gasteiger partial charge in [0.15, 0.2) is 0 Å². The Morgan fingerprint density at radius 2 is 1.89 bits per heavy atom. The van der Waals surface area contributed by atoms with Crippen molar-refractivity contribution < 1.29 is 13.9 Å². The molecule has 19 heavy (non-hydrogen) atoms. The molecule has 2 saturated carbocycles. The van der Waals surface area contributed by atoms with Crippen LogP contribution in [0, 0.1) is 16.7 Å². The molecular weight excluding hydrogens is 240 g/mol. The number of hydrogen-bond donors (Lipinski definition) is 0. The van der Waals surface area contributed by atoms with E-state index in [2.05, 4.69) is 25.2 Å². The molecule has 0 spiro atoms. The first-order chi connectivity index (χ1) is 8.88. The fraction of sp³-hybridized carbons (Fsp3) is 0.688. The van der Waals surface area contributed by atoms with Crippen molar-refractivity contribution in [2.24, 2.45) is 16.7 Å². The predicted molar refractivity (Wildman–Crippen MR) is 73.5 cm³/mol. The van der Waals surface area contributed by atoms with Crippen LogP contribution >= 0.6 is 0 Å². The molecule has 3 nitrogen and oxygen atoms in total. The number of hydrogen-bond acceptors (Lipinski definition) is 3. The lowest BCUT2D eigenvalue weighted by Crippen LogP contribution is -2.37. The summed E-state index contributed by atoms with van der Waals surface area (Å²) >= 11 is 0. The minimum atomic E-state index is -0.125. The van der Waals surface area contributed by atoms with Crippen LogP contribution in [-0.2, 0) is 9.53 Å². The zero-order valence-corrected chi connectivity index (χ0v) is 12.3. The number of ether oxygens (including phenoxy) is 1. The van der Waals surface area contributed by atoms with E-state index in [0.717, 1.165) is 12.3 Å². The van der Waals surface area contributed by atoms with Crippen LogP contribution in [0.1, 0.15) is 47.0 Å². The summed E-state index contributed by atoms with van der Waals surface area (Å²) in [5.74, 6) is 0.622. The first-order valence-corrected chi connectivity index (χ1v) is 7.02. The lowest BCUT2D eigenvalue weighted by Gasteiger charge is -2.38. The number of rotatable bonds is 1. The van der Waals surface area contributed by atoms with Gasteiger partial charge in [-0.15, -0.1) is 0 Å². The largest absolute Gasteiger partial charge is 0.473 e. The molecule has 0 aromatic carbocycles. The molecule has 1 aromatic rings. The van der Waals surface area contributed by atoms with Crippen LogP contribution in [-0.4, -0.2) is 12.1 Å². The summed E-state index contributed by atoms with van der Waals surface area (Å²) in [6.45, 7) is 8.46. The Balaban J connectivity index is 0.000000224. The molecule has 1 aromatic heterocycles. The number of fused-ring (bicyclic) bond motifs is 2. The quantitative estimate of drug-likeness (QED) is 0.718. The average Bonchev–Trinajstić information content (AvgIpc) is 2.98. The zero-order chi connectivity index (χ0) is 14.1. The molecule has 0 amide bonds. The summed E-state index contributed by atoms with van der Waals surface area (Å²) in [6, 6.07) is 3.67. The molecule has 2 bridgehead atoms. The van der Waals surface area contributed by atoms with Gasteiger partial charge in [-0.2, -0.15) is 0 Å². The second-order valence-corrected chi connectivity index (χ2v) is 6.50. The summed E-state index contributed by atoms with van der Waals surface area (Å²) in [7, 11) is 0. The van der Waals surface area contributed by atoms with E-state index in [0.29, 0.717) is 5.41 Å². The first-order valence-electron chi connectivity index (χ1n) is 7.02. The molecule has 1 heterocycles. The minimum absolute atomic E-state index is 0.125. The van der Waals surface area contributed by atoms with Crippen LogP contribution in [0.25, 0.3) is 0 Å². The molecule has 3 atom stereocenters. The van der Waals surface area contributed by atoms with Gasteiger partial charge in [-0.05, 0) is 42.7 Å². The molecule has 2 aliphatic rings. The molecule has 0 N–H and O–H groups in total. The fourth-order valence-corrected chi connectivity index (χ4v) is 3.74. The van der Waals surface area contributed by atoms with Gasteiger partial charge >= 0.3 is 5.97 Å². The van der Waals surface area contributed by atoms with Crippen LogP contribution in [0.15, 0.2) is 29.1 Å². The Kier molecular flexibility index (Phi) is 3.75. The van der Waals surface area contributed by atoms with Crippen LogP contribution in [0.4, 0.5) is 0 Å². The summed E-state index contributed by atoms with van der Waals surface area (Å²) in [5.41, 5.74) is 0.552. The maximum atomic E-state index is 11.0. The molecule has 3 heteroatoms. The van der Waals surface area contributed by atoms with Crippen molar-refractivity contribution in [3.05, 3.63) is 24.7 Å². The molecule has 106 valence electrons. The SMILES string of the molecule is CC(=O)OC1CC2CCC1(C)C2(C)C.c1ccoc1. The van der Waals surface area contributed by atoms with E-state index in [-0.39, 0.29) is 17.5 Å². The minimum Gasteiger partial charge on any atom is -0.473 e. The zero-order valence-electron chi connectivity index (χ0n) is 12.3. The van der Waals surface area contributed by atoms with Gasteiger partial charge < -0.3 is 9.15 Å². The Bertz CT molecular complexity index is 404. The van der Waals surface area contributed by atoms with Crippen molar-refractivity contribution in [1.29, 1.82) is 0 Å². The molecule has 3 unspecified atom stereocenters. The topological polar surface area (TPSA) is 39.4 Å². The smallest absolute Gasteiger partial charge is 0.302 e. The van der Waals surface area contributed by atoms with Crippen LogP contribution in [0.3, 0.4) is 0 Å². The second-order valence-electron chi connectivity index (χ2n) is 6.50. The van der Waals surface area contributed by atoms with E-state index < -0.39 is 0 Å². The number of carbonyl (C=O) groups excluding carboxylic acids is 1. The van der Waals surface area contributed by atoms with Crippen molar-refractivity contribution in [3.63, 3.8) is 0 Å². The average molecular weight is 264 g/mol. The van der Waals surface area contributed by atoms with Crippen molar-refractivity contribution in [1.82, 2.24) is 0 Å². The van der Waals surface area contributed by atoms with Crippen LogP contribution in [0.5, 0.6) is 0 Å². The molecular formula is C16H24O3. The summed E-state index contributed by atoms with van der Waals surface area (Å²) in [5, 5.41) is 0.